The zero-order valence-electron chi connectivity index (χ0n) is 24.2. The van der Waals surface area contributed by atoms with E-state index >= 15 is 0 Å². The number of aliphatic hydroxyl groups is 2. The smallest absolute Gasteiger partial charge is 0.455 e. The number of fused-ring (bicyclic) bond motifs is 6. The highest BCUT2D eigenvalue weighted by Crippen LogP contribution is 2.47. The Morgan fingerprint density at radius 1 is 0.756 bits per heavy atom. The quantitative estimate of drug-likeness (QED) is 0.106. The summed E-state index contributed by atoms with van der Waals surface area (Å²) in [6.07, 6.45) is 4.31. The van der Waals surface area contributed by atoms with Gasteiger partial charge in [-0.3, -0.25) is 4.55 Å². The summed E-state index contributed by atoms with van der Waals surface area (Å²) >= 11 is 0. The van der Waals surface area contributed by atoms with Crippen LogP contribution in [0.1, 0.15) is 28.7 Å². The van der Waals surface area contributed by atoms with Crippen molar-refractivity contribution < 1.29 is 37.1 Å². The van der Waals surface area contributed by atoms with E-state index in [1.807, 2.05) is 60.7 Å². The number of aliphatic hydroxyl groups excluding tert-OH is 2. The Morgan fingerprint density at radius 2 is 1.36 bits per heavy atom. The van der Waals surface area contributed by atoms with Gasteiger partial charge in [0.15, 0.2) is 12.4 Å². The SMILES string of the molecule is O=S(=O)(O)CCCOc1ccc(-c2cc3c4c(c2)-c2cccc[n+]2C4(C#Cc2cc(CO)cc(CO)c2)[n+]2ccccc2-3)cc1. The topological polar surface area (TPSA) is 112 Å². The Bertz CT molecular complexity index is 2040. The average molecular weight is 619 g/mol. The van der Waals surface area contributed by atoms with Crippen molar-refractivity contribution in [3.05, 3.63) is 126 Å². The summed E-state index contributed by atoms with van der Waals surface area (Å²) in [6, 6.07) is 29.8. The normalized spacial score (nSPS) is 13.4. The molecule has 2 aliphatic heterocycles. The molecule has 5 aromatic rings. The molecule has 0 aliphatic carbocycles. The number of ether oxygens (including phenoxy) is 1. The van der Waals surface area contributed by atoms with Crippen molar-refractivity contribution in [2.24, 2.45) is 0 Å². The Morgan fingerprint density at radius 3 is 1.91 bits per heavy atom. The molecule has 2 aromatic heterocycles. The molecular formula is C36H30N2O6S+2. The van der Waals surface area contributed by atoms with Gasteiger partial charge in [-0.25, -0.2) is 0 Å². The van der Waals surface area contributed by atoms with Crippen LogP contribution < -0.4 is 13.9 Å². The molecule has 224 valence electrons. The van der Waals surface area contributed by atoms with Gasteiger partial charge in [-0.2, -0.15) is 8.42 Å². The second-order valence-corrected chi connectivity index (χ2v) is 12.7. The van der Waals surface area contributed by atoms with Gasteiger partial charge in [-0.15, -0.1) is 9.13 Å². The maximum absolute atomic E-state index is 11.0. The summed E-state index contributed by atoms with van der Waals surface area (Å²) in [6.45, 7) is -0.0989. The van der Waals surface area contributed by atoms with Gasteiger partial charge < -0.3 is 14.9 Å². The molecule has 0 saturated carbocycles. The van der Waals surface area contributed by atoms with E-state index in [-0.39, 0.29) is 32.0 Å². The number of hydrogen-bond acceptors (Lipinski definition) is 5. The fraction of sp³-hybridized carbons (Fsp3) is 0.167. The number of pyridine rings is 2. The second kappa shape index (κ2) is 11.3. The number of nitrogens with zero attached hydrogens (tertiary/aromatic N) is 2. The van der Waals surface area contributed by atoms with Crippen LogP contribution in [-0.4, -0.2) is 35.5 Å². The highest BCUT2D eigenvalue weighted by Gasteiger charge is 2.65. The molecule has 0 saturated heterocycles. The third-order valence-corrected chi connectivity index (χ3v) is 9.06. The first-order chi connectivity index (χ1) is 21.8. The standard InChI is InChI=1S/C36H29N2O6S/c39-23-26-18-25(19-27(20-26)24-40)12-13-36-35-31(33-6-1-3-14-37(33)36)21-29(22-32(35)34-7-2-4-15-38(34)36)28-8-10-30(11-9-28)44-16-5-17-45(41,42)43/h1-4,6-11,14-15,18-22,39-40H,5,16-17,23-24H2/q+1/p+1. The first-order valence-corrected chi connectivity index (χ1v) is 16.2. The molecule has 3 N–H and O–H groups in total. The van der Waals surface area contributed by atoms with Gasteiger partial charge in [0.2, 0.25) is 11.4 Å². The molecule has 3 aromatic carbocycles. The average Bonchev–Trinajstić information content (AvgIpc) is 3.51. The van der Waals surface area contributed by atoms with Crippen LogP contribution >= 0.6 is 0 Å². The van der Waals surface area contributed by atoms with Crippen molar-refractivity contribution >= 4 is 10.1 Å². The molecule has 7 rings (SSSR count). The van der Waals surface area contributed by atoms with E-state index < -0.39 is 15.8 Å². The minimum atomic E-state index is -4.01. The first kappa shape index (κ1) is 28.9. The maximum atomic E-state index is 11.0. The van der Waals surface area contributed by atoms with Crippen LogP contribution in [0, 0.1) is 11.8 Å². The van der Waals surface area contributed by atoms with Gasteiger partial charge >= 0.3 is 5.66 Å². The summed E-state index contributed by atoms with van der Waals surface area (Å²) in [5.41, 5.74) is 8.61. The monoisotopic (exact) mass is 618 g/mol. The van der Waals surface area contributed by atoms with Crippen LogP contribution in [0.5, 0.6) is 5.75 Å². The van der Waals surface area contributed by atoms with E-state index in [1.165, 1.54) is 0 Å². The second-order valence-electron chi connectivity index (χ2n) is 11.1. The summed E-state index contributed by atoms with van der Waals surface area (Å²) in [4.78, 5) is 0. The molecule has 45 heavy (non-hydrogen) atoms. The van der Waals surface area contributed by atoms with Gasteiger partial charge in [0.25, 0.3) is 10.1 Å². The molecular weight excluding hydrogens is 588 g/mol. The van der Waals surface area contributed by atoms with Gasteiger partial charge in [0.1, 0.15) is 11.3 Å². The van der Waals surface area contributed by atoms with E-state index in [4.69, 9.17) is 9.29 Å². The number of benzene rings is 3. The summed E-state index contributed by atoms with van der Waals surface area (Å²) in [7, 11) is -4.01. The lowest BCUT2D eigenvalue weighted by Gasteiger charge is -2.11. The molecule has 0 fully saturated rings. The van der Waals surface area contributed by atoms with Crippen LogP contribution in [0.2, 0.25) is 0 Å². The van der Waals surface area contributed by atoms with Crippen molar-refractivity contribution in [2.75, 3.05) is 12.4 Å². The predicted molar refractivity (Wildman–Crippen MR) is 167 cm³/mol. The van der Waals surface area contributed by atoms with Crippen LogP contribution in [0.3, 0.4) is 0 Å². The van der Waals surface area contributed by atoms with Gasteiger partial charge in [0.05, 0.1) is 42.6 Å². The molecule has 4 heterocycles. The zero-order valence-corrected chi connectivity index (χ0v) is 25.0. The van der Waals surface area contributed by atoms with Gasteiger partial charge in [-0.05, 0) is 77.2 Å². The highest BCUT2D eigenvalue weighted by atomic mass is 32.2. The van der Waals surface area contributed by atoms with Gasteiger partial charge in [0, 0.05) is 29.8 Å². The molecule has 0 radical (unpaired) electrons. The van der Waals surface area contributed by atoms with Crippen molar-refractivity contribution in [3.63, 3.8) is 0 Å². The molecule has 2 aliphatic rings. The fourth-order valence-electron chi connectivity index (χ4n) is 6.37. The Balaban J connectivity index is 1.34. The molecule has 0 atom stereocenters. The number of hydrogen-bond donors (Lipinski definition) is 3. The molecule has 0 bridgehead atoms. The lowest BCUT2D eigenvalue weighted by atomic mass is 9.90. The van der Waals surface area contributed by atoms with E-state index in [0.29, 0.717) is 16.9 Å². The first-order valence-electron chi connectivity index (χ1n) is 14.6. The largest absolute Gasteiger partial charge is 0.494 e. The van der Waals surface area contributed by atoms with Crippen LogP contribution in [0.15, 0.2) is 103 Å². The van der Waals surface area contributed by atoms with E-state index in [0.717, 1.165) is 44.8 Å². The lowest BCUT2D eigenvalue weighted by molar-refractivity contribution is -0.950. The third-order valence-electron chi connectivity index (χ3n) is 8.26. The Labute approximate surface area is 261 Å². The van der Waals surface area contributed by atoms with Crippen molar-refractivity contribution in [2.45, 2.75) is 25.3 Å². The maximum Gasteiger partial charge on any atom is 0.455 e. The van der Waals surface area contributed by atoms with E-state index in [2.05, 4.69) is 57.6 Å². The molecule has 9 heteroatoms. The van der Waals surface area contributed by atoms with Crippen LogP contribution in [0.4, 0.5) is 0 Å². The van der Waals surface area contributed by atoms with Crippen LogP contribution in [-0.2, 0) is 29.0 Å². The third kappa shape index (κ3) is 5.08. The summed E-state index contributed by atoms with van der Waals surface area (Å²) < 4.78 is 41.0. The number of aromatic nitrogens is 2. The Hall–Kier alpha value is -4.85. The molecule has 0 amide bonds. The van der Waals surface area contributed by atoms with Gasteiger partial charge in [-0.1, -0.05) is 24.1 Å². The molecule has 0 unspecified atom stereocenters. The fourth-order valence-corrected chi connectivity index (χ4v) is 6.85. The minimum absolute atomic E-state index is 0.139. The van der Waals surface area contributed by atoms with E-state index in [1.54, 1.807) is 6.07 Å². The Kier molecular flexibility index (Phi) is 7.23. The lowest BCUT2D eigenvalue weighted by Crippen LogP contribution is -2.70. The highest BCUT2D eigenvalue weighted by molar-refractivity contribution is 7.85. The van der Waals surface area contributed by atoms with Crippen LogP contribution in [0.25, 0.3) is 33.6 Å². The zero-order chi connectivity index (χ0) is 31.2. The van der Waals surface area contributed by atoms with E-state index in [9.17, 15) is 18.6 Å². The van der Waals surface area contributed by atoms with Crippen molar-refractivity contribution in [1.29, 1.82) is 0 Å². The predicted octanol–water partition coefficient (Wildman–Crippen LogP) is 3.83. The summed E-state index contributed by atoms with van der Waals surface area (Å²) in [5, 5.41) is 19.6. The molecule has 0 spiro atoms. The molecule has 8 nitrogen and oxygen atoms in total. The van der Waals surface area contributed by atoms with Crippen molar-refractivity contribution in [3.8, 4) is 51.2 Å². The summed E-state index contributed by atoms with van der Waals surface area (Å²) in [5.74, 6) is 7.29. The minimum Gasteiger partial charge on any atom is -0.494 e. The number of rotatable bonds is 8. The van der Waals surface area contributed by atoms with Crippen molar-refractivity contribution in [1.82, 2.24) is 0 Å².